The molecule has 2 aromatic heterocycles. The second-order valence-electron chi connectivity index (χ2n) is 2.55. The molecule has 0 N–H and O–H groups in total. The highest BCUT2D eigenvalue weighted by Gasteiger charge is 2.15. The molecule has 0 radical (unpaired) electrons. The van der Waals surface area contributed by atoms with Crippen LogP contribution in [0.5, 0.6) is 0 Å². The summed E-state index contributed by atoms with van der Waals surface area (Å²) >= 11 is 14.5. The lowest BCUT2D eigenvalue weighted by Crippen LogP contribution is -2.00. The van der Waals surface area contributed by atoms with Crippen LogP contribution in [0, 0.1) is 0 Å². The van der Waals surface area contributed by atoms with Gasteiger partial charge in [0.05, 0.1) is 0 Å². The molecule has 0 bridgehead atoms. The van der Waals surface area contributed by atoms with Crippen LogP contribution in [0.25, 0.3) is 11.5 Å². The molecule has 0 spiro atoms. The van der Waals surface area contributed by atoms with E-state index in [0.29, 0.717) is 16.1 Å². The van der Waals surface area contributed by atoms with Crippen LogP contribution in [-0.4, -0.2) is 29.9 Å². The summed E-state index contributed by atoms with van der Waals surface area (Å²) in [5.74, 6) is 0.319. The van der Waals surface area contributed by atoms with Gasteiger partial charge in [0.25, 0.3) is 0 Å². The Labute approximate surface area is 103 Å². The van der Waals surface area contributed by atoms with Crippen LogP contribution in [0.2, 0.25) is 10.6 Å². The van der Waals surface area contributed by atoms with Crippen molar-refractivity contribution in [1.82, 2.24) is 29.9 Å². The number of hydrogen-bond donors (Lipinski definition) is 0. The third kappa shape index (κ3) is 2.09. The molecule has 0 saturated carbocycles. The fourth-order valence-corrected chi connectivity index (χ4v) is 1.87. The highest BCUT2D eigenvalue weighted by molar-refractivity contribution is 9.10. The third-order valence-electron chi connectivity index (χ3n) is 1.58. The molecule has 78 valence electrons. The molecule has 2 rings (SSSR count). The fourth-order valence-electron chi connectivity index (χ4n) is 1.00. The average Bonchev–Trinajstić information content (AvgIpc) is 2.44. The van der Waals surface area contributed by atoms with E-state index >= 15 is 0 Å². The monoisotopic (exact) mass is 308 g/mol. The molecule has 0 aliphatic heterocycles. The van der Waals surface area contributed by atoms with Crippen molar-refractivity contribution < 1.29 is 0 Å². The van der Waals surface area contributed by atoms with Gasteiger partial charge < -0.3 is 0 Å². The minimum atomic E-state index is 0.0260. The predicted octanol–water partition coefficient (Wildman–Crippen LogP) is 1.74. The first kappa shape index (κ1) is 10.7. The van der Waals surface area contributed by atoms with Crippen molar-refractivity contribution in [2.24, 2.45) is 7.05 Å². The van der Waals surface area contributed by atoms with Crippen molar-refractivity contribution in [3.05, 3.63) is 15.2 Å². The molecule has 6 nitrogen and oxygen atoms in total. The van der Waals surface area contributed by atoms with Gasteiger partial charge in [-0.1, -0.05) is 5.21 Å². The molecule has 0 amide bonds. The van der Waals surface area contributed by atoms with E-state index in [1.165, 1.54) is 4.68 Å². The van der Waals surface area contributed by atoms with Crippen LogP contribution in [0.4, 0.5) is 0 Å². The molecule has 0 unspecified atom stereocenters. The molecule has 0 aromatic carbocycles. The summed E-state index contributed by atoms with van der Waals surface area (Å²) in [6.45, 7) is 0. The lowest BCUT2D eigenvalue weighted by atomic mass is 10.4. The molecule has 0 aliphatic rings. The summed E-state index contributed by atoms with van der Waals surface area (Å²) in [7, 11) is 1.71. The van der Waals surface area contributed by atoms with E-state index in [1.54, 1.807) is 7.05 Å². The van der Waals surface area contributed by atoms with E-state index in [0.717, 1.165) is 0 Å². The van der Waals surface area contributed by atoms with Crippen molar-refractivity contribution in [3.8, 4) is 11.5 Å². The molecule has 2 aromatic rings. The number of rotatable bonds is 1. The highest BCUT2D eigenvalue weighted by atomic mass is 79.9. The Kier molecular flexibility index (Phi) is 2.85. The summed E-state index contributed by atoms with van der Waals surface area (Å²) in [5, 5.41) is 7.63. The maximum absolute atomic E-state index is 5.66. The molecular formula is C6H3BrCl2N6. The first-order chi connectivity index (χ1) is 7.08. The topological polar surface area (TPSA) is 69.4 Å². The quantitative estimate of drug-likeness (QED) is 0.802. The average molecular weight is 310 g/mol. The van der Waals surface area contributed by atoms with Crippen LogP contribution >= 0.6 is 39.1 Å². The van der Waals surface area contributed by atoms with Gasteiger partial charge in [-0.15, -0.1) is 5.10 Å². The zero-order chi connectivity index (χ0) is 11.0. The fraction of sp³-hybridized carbons (Fsp3) is 0.167. The number of aromatic nitrogens is 6. The molecule has 0 aliphatic carbocycles. The number of halogens is 3. The molecule has 0 saturated heterocycles. The molecule has 2 heterocycles. The Morgan fingerprint density at radius 1 is 1.13 bits per heavy atom. The Hall–Kier alpha value is -0.790. The van der Waals surface area contributed by atoms with Crippen molar-refractivity contribution in [1.29, 1.82) is 0 Å². The van der Waals surface area contributed by atoms with Crippen molar-refractivity contribution in [2.75, 3.05) is 0 Å². The van der Waals surface area contributed by atoms with E-state index < -0.39 is 0 Å². The minimum absolute atomic E-state index is 0.0260. The smallest absolute Gasteiger partial charge is 0.227 e. The van der Waals surface area contributed by atoms with E-state index in [9.17, 15) is 0 Å². The lowest BCUT2D eigenvalue weighted by molar-refractivity contribution is 0.716. The SMILES string of the molecule is Cn1nnc(Br)c1-c1nc(Cl)nc(Cl)n1. The second-order valence-corrected chi connectivity index (χ2v) is 3.98. The molecule has 9 heteroatoms. The van der Waals surface area contributed by atoms with Crippen molar-refractivity contribution >= 4 is 39.1 Å². The number of nitrogens with zero attached hydrogens (tertiary/aromatic N) is 6. The van der Waals surface area contributed by atoms with Gasteiger partial charge in [0, 0.05) is 7.05 Å². The lowest BCUT2D eigenvalue weighted by Gasteiger charge is -2.00. The summed E-state index contributed by atoms with van der Waals surface area (Å²) in [5.41, 5.74) is 0.584. The molecule has 15 heavy (non-hydrogen) atoms. The van der Waals surface area contributed by atoms with Gasteiger partial charge >= 0.3 is 0 Å². The van der Waals surface area contributed by atoms with Gasteiger partial charge in [-0.05, 0) is 39.1 Å². The predicted molar refractivity (Wildman–Crippen MR) is 57.5 cm³/mol. The summed E-state index contributed by atoms with van der Waals surface area (Å²) in [6.07, 6.45) is 0. The Morgan fingerprint density at radius 3 is 2.20 bits per heavy atom. The molecular weight excluding hydrogens is 307 g/mol. The zero-order valence-corrected chi connectivity index (χ0v) is 10.4. The van der Waals surface area contributed by atoms with Gasteiger partial charge in [0.2, 0.25) is 10.6 Å². The van der Waals surface area contributed by atoms with E-state index in [4.69, 9.17) is 23.2 Å². The molecule has 0 atom stereocenters. The number of aryl methyl sites for hydroxylation is 1. The van der Waals surface area contributed by atoms with Crippen LogP contribution < -0.4 is 0 Å². The van der Waals surface area contributed by atoms with Gasteiger partial charge in [0.1, 0.15) is 5.69 Å². The standard InChI is InChI=1S/C6H3BrCl2N6/c1-15-2(3(7)13-14-15)4-10-5(8)12-6(9)11-4/h1H3. The first-order valence-corrected chi connectivity index (χ1v) is 5.25. The third-order valence-corrected chi connectivity index (χ3v) is 2.45. The van der Waals surface area contributed by atoms with Gasteiger partial charge in [0.15, 0.2) is 10.4 Å². The Bertz CT molecular complexity index is 473. The van der Waals surface area contributed by atoms with Crippen LogP contribution in [0.1, 0.15) is 0 Å². The normalized spacial score (nSPS) is 10.7. The maximum atomic E-state index is 5.66. The summed E-state index contributed by atoms with van der Waals surface area (Å²) < 4.78 is 2.02. The largest absolute Gasteiger partial charge is 0.243 e. The number of hydrogen-bond acceptors (Lipinski definition) is 5. The maximum Gasteiger partial charge on any atom is 0.227 e. The van der Waals surface area contributed by atoms with Crippen LogP contribution in [0.15, 0.2) is 4.60 Å². The first-order valence-electron chi connectivity index (χ1n) is 3.70. The zero-order valence-electron chi connectivity index (χ0n) is 7.32. The Morgan fingerprint density at radius 2 is 1.73 bits per heavy atom. The summed E-state index contributed by atoms with van der Waals surface area (Å²) in [6, 6.07) is 0. The molecule has 0 fully saturated rings. The van der Waals surface area contributed by atoms with E-state index in [1.807, 2.05) is 0 Å². The highest BCUT2D eigenvalue weighted by Crippen LogP contribution is 2.23. The second kappa shape index (κ2) is 3.99. The van der Waals surface area contributed by atoms with Gasteiger partial charge in [-0.25, -0.2) is 4.68 Å². The van der Waals surface area contributed by atoms with Crippen molar-refractivity contribution in [2.45, 2.75) is 0 Å². The summed E-state index contributed by atoms with van der Waals surface area (Å²) in [4.78, 5) is 11.5. The van der Waals surface area contributed by atoms with Gasteiger partial charge in [-0.2, -0.15) is 15.0 Å². The van der Waals surface area contributed by atoms with E-state index in [2.05, 4.69) is 41.2 Å². The van der Waals surface area contributed by atoms with Crippen LogP contribution in [0.3, 0.4) is 0 Å². The van der Waals surface area contributed by atoms with Crippen LogP contribution in [-0.2, 0) is 7.05 Å². The Balaban J connectivity index is 2.63. The van der Waals surface area contributed by atoms with E-state index in [-0.39, 0.29) is 10.6 Å². The minimum Gasteiger partial charge on any atom is -0.243 e. The van der Waals surface area contributed by atoms with Gasteiger partial charge in [-0.3, -0.25) is 0 Å². The van der Waals surface area contributed by atoms with Crippen molar-refractivity contribution in [3.63, 3.8) is 0 Å².